The monoisotopic (exact) mass is 318 g/mol. The molecular weight excluding hydrogens is 304 g/mol. The molecule has 0 fully saturated rings. The number of amides is 3. The van der Waals surface area contributed by atoms with E-state index in [4.69, 9.17) is 0 Å². The molecule has 2 aromatic heterocycles. The Bertz CT molecular complexity index is 643. The van der Waals surface area contributed by atoms with Crippen LogP contribution in [-0.4, -0.2) is 35.8 Å². The van der Waals surface area contributed by atoms with Gasteiger partial charge in [-0.3, -0.25) is 19.4 Å². The lowest BCUT2D eigenvalue weighted by molar-refractivity contribution is -0.123. The molecule has 0 bridgehead atoms. The fourth-order valence-electron chi connectivity index (χ4n) is 1.54. The predicted octanol–water partition coefficient (Wildman–Crippen LogP) is 0.628. The van der Waals surface area contributed by atoms with Gasteiger partial charge in [0.25, 0.3) is 5.91 Å². The fourth-order valence-corrected chi connectivity index (χ4v) is 2.18. The van der Waals surface area contributed by atoms with Gasteiger partial charge >= 0.3 is 0 Å². The van der Waals surface area contributed by atoms with Crippen molar-refractivity contribution in [2.75, 3.05) is 18.4 Å². The molecule has 2 aromatic rings. The molecule has 0 atom stereocenters. The molecule has 3 N–H and O–H groups in total. The van der Waals surface area contributed by atoms with Crippen molar-refractivity contribution in [3.63, 3.8) is 0 Å². The average molecular weight is 318 g/mol. The van der Waals surface area contributed by atoms with Gasteiger partial charge in [0.15, 0.2) is 0 Å². The molecule has 0 spiro atoms. The summed E-state index contributed by atoms with van der Waals surface area (Å²) < 4.78 is 0. The van der Waals surface area contributed by atoms with Crippen LogP contribution in [0.5, 0.6) is 0 Å². The Morgan fingerprint density at radius 1 is 1.05 bits per heavy atom. The molecule has 0 unspecified atom stereocenters. The van der Waals surface area contributed by atoms with E-state index in [1.165, 1.54) is 17.5 Å². The van der Waals surface area contributed by atoms with Crippen LogP contribution in [0.1, 0.15) is 9.67 Å². The van der Waals surface area contributed by atoms with E-state index in [2.05, 4.69) is 20.9 Å². The number of rotatable bonds is 6. The van der Waals surface area contributed by atoms with Crippen LogP contribution in [0.4, 0.5) is 5.69 Å². The van der Waals surface area contributed by atoms with Crippen molar-refractivity contribution in [3.8, 4) is 0 Å². The van der Waals surface area contributed by atoms with Crippen LogP contribution in [0.3, 0.4) is 0 Å². The SMILES string of the molecule is O=C(CNC(=O)c1cccs1)NCC(=O)Nc1cccnc1. The van der Waals surface area contributed by atoms with Crippen LogP contribution in [0.25, 0.3) is 0 Å². The molecule has 0 aliphatic carbocycles. The van der Waals surface area contributed by atoms with Crippen molar-refractivity contribution >= 4 is 34.7 Å². The molecule has 3 amide bonds. The predicted molar refractivity (Wildman–Crippen MR) is 82.5 cm³/mol. The summed E-state index contributed by atoms with van der Waals surface area (Å²) in [4.78, 5) is 39.2. The van der Waals surface area contributed by atoms with Crippen LogP contribution in [-0.2, 0) is 9.59 Å². The van der Waals surface area contributed by atoms with Crippen LogP contribution in [0, 0.1) is 0 Å². The molecule has 22 heavy (non-hydrogen) atoms. The molecule has 114 valence electrons. The summed E-state index contributed by atoms with van der Waals surface area (Å²) in [7, 11) is 0. The Morgan fingerprint density at radius 2 is 1.86 bits per heavy atom. The van der Waals surface area contributed by atoms with Crippen LogP contribution in [0.2, 0.25) is 0 Å². The lowest BCUT2D eigenvalue weighted by Gasteiger charge is -2.07. The number of hydrogen-bond acceptors (Lipinski definition) is 5. The number of nitrogens with one attached hydrogen (secondary N) is 3. The van der Waals surface area contributed by atoms with Crippen molar-refractivity contribution in [1.82, 2.24) is 15.6 Å². The molecule has 0 aromatic carbocycles. The lowest BCUT2D eigenvalue weighted by atomic mass is 10.4. The number of pyridine rings is 1. The number of aromatic nitrogens is 1. The Balaban J connectivity index is 1.67. The van der Waals surface area contributed by atoms with Crippen molar-refractivity contribution in [2.45, 2.75) is 0 Å². The van der Waals surface area contributed by atoms with Gasteiger partial charge in [0.05, 0.1) is 29.9 Å². The Kier molecular flexibility index (Phi) is 5.61. The maximum atomic E-state index is 11.6. The largest absolute Gasteiger partial charge is 0.345 e. The molecule has 0 aliphatic rings. The van der Waals surface area contributed by atoms with Gasteiger partial charge in [0.2, 0.25) is 11.8 Å². The van der Waals surface area contributed by atoms with Crippen molar-refractivity contribution in [2.24, 2.45) is 0 Å². The first-order chi connectivity index (χ1) is 10.6. The topological polar surface area (TPSA) is 100 Å². The molecule has 2 heterocycles. The van der Waals surface area contributed by atoms with Gasteiger partial charge < -0.3 is 16.0 Å². The summed E-state index contributed by atoms with van der Waals surface area (Å²) in [6, 6.07) is 6.80. The number of carbonyl (C=O) groups excluding carboxylic acids is 3. The van der Waals surface area contributed by atoms with Crippen molar-refractivity contribution < 1.29 is 14.4 Å². The first-order valence-electron chi connectivity index (χ1n) is 6.43. The van der Waals surface area contributed by atoms with E-state index < -0.39 is 5.91 Å². The summed E-state index contributed by atoms with van der Waals surface area (Å²) in [6.45, 7) is -0.362. The van der Waals surface area contributed by atoms with Gasteiger partial charge in [-0.2, -0.15) is 0 Å². The minimum atomic E-state index is -0.439. The molecule has 0 aliphatic heterocycles. The van der Waals surface area contributed by atoms with Crippen LogP contribution < -0.4 is 16.0 Å². The van der Waals surface area contributed by atoms with Gasteiger partial charge in [-0.15, -0.1) is 11.3 Å². The van der Waals surface area contributed by atoms with Crippen molar-refractivity contribution in [1.29, 1.82) is 0 Å². The minimum Gasteiger partial charge on any atom is -0.345 e. The number of carbonyl (C=O) groups is 3. The van der Waals surface area contributed by atoms with Gasteiger partial charge in [-0.25, -0.2) is 0 Å². The lowest BCUT2D eigenvalue weighted by Crippen LogP contribution is -2.40. The van der Waals surface area contributed by atoms with E-state index in [0.29, 0.717) is 10.6 Å². The molecule has 2 rings (SSSR count). The average Bonchev–Trinajstić information content (AvgIpc) is 3.06. The molecule has 0 saturated heterocycles. The summed E-state index contributed by atoms with van der Waals surface area (Å²) in [5, 5.41) is 9.25. The molecule has 0 saturated carbocycles. The number of anilines is 1. The number of thiophene rings is 1. The molecule has 0 radical (unpaired) electrons. The highest BCUT2D eigenvalue weighted by atomic mass is 32.1. The zero-order valence-electron chi connectivity index (χ0n) is 11.5. The highest BCUT2D eigenvalue weighted by Crippen LogP contribution is 2.07. The highest BCUT2D eigenvalue weighted by molar-refractivity contribution is 7.12. The number of hydrogen-bond donors (Lipinski definition) is 3. The molecular formula is C14H14N4O3S. The second-order valence-corrected chi connectivity index (χ2v) is 5.17. The van der Waals surface area contributed by atoms with Crippen LogP contribution >= 0.6 is 11.3 Å². The van der Waals surface area contributed by atoms with E-state index in [1.807, 2.05) is 0 Å². The molecule has 7 nitrogen and oxygen atoms in total. The third-order valence-electron chi connectivity index (χ3n) is 2.55. The Morgan fingerprint density at radius 3 is 2.55 bits per heavy atom. The molecule has 8 heteroatoms. The zero-order valence-corrected chi connectivity index (χ0v) is 12.4. The second-order valence-electron chi connectivity index (χ2n) is 4.23. The smallest absolute Gasteiger partial charge is 0.261 e. The fraction of sp³-hybridized carbons (Fsp3) is 0.143. The normalized spacial score (nSPS) is 9.82. The minimum absolute atomic E-state index is 0.178. The first kappa shape index (κ1) is 15.6. The summed E-state index contributed by atoms with van der Waals surface area (Å²) in [5.74, 6) is -1.12. The van der Waals surface area contributed by atoms with E-state index >= 15 is 0 Å². The quantitative estimate of drug-likeness (QED) is 0.727. The van der Waals surface area contributed by atoms with Gasteiger partial charge in [-0.05, 0) is 23.6 Å². The highest BCUT2D eigenvalue weighted by Gasteiger charge is 2.09. The Labute approximate surface area is 130 Å². The van der Waals surface area contributed by atoms with E-state index in [1.54, 1.807) is 35.8 Å². The van der Waals surface area contributed by atoms with E-state index in [9.17, 15) is 14.4 Å². The maximum absolute atomic E-state index is 11.6. The Hall–Kier alpha value is -2.74. The summed E-state index contributed by atoms with van der Waals surface area (Å²) in [5.41, 5.74) is 0.549. The van der Waals surface area contributed by atoms with E-state index in [-0.39, 0.29) is 24.9 Å². The third-order valence-corrected chi connectivity index (χ3v) is 3.41. The summed E-state index contributed by atoms with van der Waals surface area (Å²) in [6.07, 6.45) is 3.09. The van der Waals surface area contributed by atoms with Crippen molar-refractivity contribution in [3.05, 3.63) is 46.9 Å². The van der Waals surface area contributed by atoms with Gasteiger partial charge in [0, 0.05) is 6.20 Å². The van der Waals surface area contributed by atoms with Gasteiger partial charge in [-0.1, -0.05) is 6.07 Å². The third kappa shape index (κ3) is 4.98. The first-order valence-corrected chi connectivity index (χ1v) is 7.31. The standard InChI is InChI=1S/C14H14N4O3S/c19-12(8-17-14(21)11-4-2-6-22-11)16-9-13(20)18-10-3-1-5-15-7-10/h1-7H,8-9H2,(H,16,19)(H,17,21)(H,18,20). The van der Waals surface area contributed by atoms with Crippen LogP contribution in [0.15, 0.2) is 42.0 Å². The zero-order chi connectivity index (χ0) is 15.8. The number of nitrogens with zero attached hydrogens (tertiary/aromatic N) is 1. The second kappa shape index (κ2) is 7.89. The van der Waals surface area contributed by atoms with E-state index in [0.717, 1.165) is 0 Å². The maximum Gasteiger partial charge on any atom is 0.261 e. The summed E-state index contributed by atoms with van der Waals surface area (Å²) >= 11 is 1.29. The van der Waals surface area contributed by atoms with Gasteiger partial charge in [0.1, 0.15) is 0 Å².